The average Bonchev–Trinajstić information content (AvgIpc) is 3.30. The van der Waals surface area contributed by atoms with Crippen molar-refractivity contribution < 1.29 is 28.6 Å². The van der Waals surface area contributed by atoms with Gasteiger partial charge in [-0.2, -0.15) is 0 Å². The van der Waals surface area contributed by atoms with Gasteiger partial charge in [0.2, 0.25) is 0 Å². The predicted octanol–water partition coefficient (Wildman–Crippen LogP) is 17.3. The molecule has 0 bridgehead atoms. The Kier molecular flexibility index (Phi) is 49.1. The summed E-state index contributed by atoms with van der Waals surface area (Å²) in [4.78, 5) is 37.9. The largest absolute Gasteiger partial charge is 0.462 e. The number of hydrogen-bond acceptors (Lipinski definition) is 6. The molecule has 1 atom stereocenters. The molecule has 6 heteroatoms. The summed E-state index contributed by atoms with van der Waals surface area (Å²) in [7, 11) is 0. The van der Waals surface area contributed by atoms with Gasteiger partial charge in [-0.25, -0.2) is 0 Å². The monoisotopic (exact) mass is 899 g/mol. The molecule has 1 unspecified atom stereocenters. The molecular weight excluding hydrogens is 805 g/mol. The Morgan fingerprint density at radius 3 is 1.15 bits per heavy atom. The fraction of sp³-hybridized carbons (Fsp3) is 0.610. The van der Waals surface area contributed by atoms with Crippen LogP contribution in [0.3, 0.4) is 0 Å². The Labute approximate surface area is 399 Å². The van der Waals surface area contributed by atoms with Gasteiger partial charge in [-0.1, -0.05) is 251 Å². The molecule has 0 aromatic rings. The van der Waals surface area contributed by atoms with Crippen molar-refractivity contribution in [2.75, 3.05) is 13.2 Å². The highest BCUT2D eigenvalue weighted by molar-refractivity contribution is 5.71. The van der Waals surface area contributed by atoms with Crippen LogP contribution in [0.5, 0.6) is 0 Å². The van der Waals surface area contributed by atoms with Gasteiger partial charge in [0, 0.05) is 19.3 Å². The van der Waals surface area contributed by atoms with Crippen molar-refractivity contribution >= 4 is 17.9 Å². The summed E-state index contributed by atoms with van der Waals surface area (Å²) in [6.07, 6.45) is 72.1. The van der Waals surface area contributed by atoms with E-state index in [9.17, 15) is 14.4 Å². The van der Waals surface area contributed by atoms with Crippen molar-refractivity contribution in [1.82, 2.24) is 0 Å². The van der Waals surface area contributed by atoms with Crippen LogP contribution in [0.1, 0.15) is 213 Å². The van der Waals surface area contributed by atoms with Crippen LogP contribution < -0.4 is 0 Å². The Hall–Kier alpha value is -4.19. The van der Waals surface area contributed by atoms with Gasteiger partial charge in [0.1, 0.15) is 13.2 Å². The predicted molar refractivity (Wildman–Crippen MR) is 279 cm³/mol. The van der Waals surface area contributed by atoms with Gasteiger partial charge in [0.05, 0.1) is 0 Å². The number of hydrogen-bond donors (Lipinski definition) is 0. The summed E-state index contributed by atoms with van der Waals surface area (Å²) in [5, 5.41) is 0. The van der Waals surface area contributed by atoms with Crippen molar-refractivity contribution in [2.45, 2.75) is 219 Å². The molecule has 0 radical (unpaired) electrons. The number of ether oxygens (including phenoxy) is 3. The molecule has 0 aliphatic rings. The quantitative estimate of drug-likeness (QED) is 0.0199. The van der Waals surface area contributed by atoms with Gasteiger partial charge in [0.25, 0.3) is 0 Å². The fourth-order valence-corrected chi connectivity index (χ4v) is 6.76. The zero-order chi connectivity index (χ0) is 47.2. The van der Waals surface area contributed by atoms with Crippen LogP contribution in [-0.4, -0.2) is 37.2 Å². The molecule has 65 heavy (non-hydrogen) atoms. The normalized spacial score (nSPS) is 13.1. The molecule has 0 saturated carbocycles. The van der Waals surface area contributed by atoms with Gasteiger partial charge >= 0.3 is 17.9 Å². The van der Waals surface area contributed by atoms with Crippen molar-refractivity contribution in [3.05, 3.63) is 122 Å². The molecular formula is C59H94O6. The lowest BCUT2D eigenvalue weighted by Crippen LogP contribution is -2.30. The summed E-state index contributed by atoms with van der Waals surface area (Å²) in [6, 6.07) is 0. The molecule has 0 aliphatic heterocycles. The molecule has 0 rings (SSSR count). The number of rotatable bonds is 45. The van der Waals surface area contributed by atoms with Crippen LogP contribution in [0.2, 0.25) is 0 Å². The lowest BCUT2D eigenvalue weighted by molar-refractivity contribution is -0.166. The fourth-order valence-electron chi connectivity index (χ4n) is 6.76. The topological polar surface area (TPSA) is 78.9 Å². The zero-order valence-electron chi connectivity index (χ0n) is 41.7. The zero-order valence-corrected chi connectivity index (χ0v) is 41.7. The summed E-state index contributed by atoms with van der Waals surface area (Å²) < 4.78 is 16.7. The summed E-state index contributed by atoms with van der Waals surface area (Å²) in [5.74, 6) is -1.10. The van der Waals surface area contributed by atoms with E-state index >= 15 is 0 Å². The second-order valence-electron chi connectivity index (χ2n) is 16.8. The van der Waals surface area contributed by atoms with Crippen molar-refractivity contribution in [1.29, 1.82) is 0 Å². The Morgan fingerprint density at radius 1 is 0.338 bits per heavy atom. The number of carbonyl (C=O) groups excluding carboxylic acids is 3. The Morgan fingerprint density at radius 2 is 0.708 bits per heavy atom. The van der Waals surface area contributed by atoms with Crippen LogP contribution >= 0.6 is 0 Å². The minimum atomic E-state index is -0.848. The van der Waals surface area contributed by atoms with E-state index in [2.05, 4.69) is 75.5 Å². The van der Waals surface area contributed by atoms with Crippen LogP contribution in [-0.2, 0) is 28.6 Å². The molecule has 0 amide bonds. The van der Waals surface area contributed by atoms with Gasteiger partial charge in [0.15, 0.2) is 6.10 Å². The Balaban J connectivity index is 4.55. The summed E-state index contributed by atoms with van der Waals surface area (Å²) in [5.41, 5.74) is 0. The molecule has 0 aromatic heterocycles. The highest BCUT2D eigenvalue weighted by Crippen LogP contribution is 2.15. The smallest absolute Gasteiger partial charge is 0.306 e. The van der Waals surface area contributed by atoms with E-state index < -0.39 is 12.1 Å². The lowest BCUT2D eigenvalue weighted by Gasteiger charge is -2.18. The van der Waals surface area contributed by atoms with Gasteiger partial charge in [-0.05, 0) is 64.2 Å². The van der Waals surface area contributed by atoms with Gasteiger partial charge < -0.3 is 14.2 Å². The van der Waals surface area contributed by atoms with E-state index in [0.717, 1.165) is 64.2 Å². The summed E-state index contributed by atoms with van der Waals surface area (Å²) in [6.45, 7) is 6.25. The molecule has 0 saturated heterocycles. The molecule has 0 N–H and O–H groups in total. The first-order chi connectivity index (χ1) is 32.0. The molecule has 366 valence electrons. The second-order valence-corrected chi connectivity index (χ2v) is 16.8. The molecule has 6 nitrogen and oxygen atoms in total. The lowest BCUT2D eigenvalue weighted by atomic mass is 10.0. The maximum Gasteiger partial charge on any atom is 0.306 e. The van der Waals surface area contributed by atoms with Crippen LogP contribution in [0.4, 0.5) is 0 Å². The van der Waals surface area contributed by atoms with Crippen LogP contribution in [0, 0.1) is 0 Å². The first-order valence-electron chi connectivity index (χ1n) is 26.1. The maximum absolute atomic E-state index is 12.8. The molecule has 0 spiro atoms. The van der Waals surface area contributed by atoms with E-state index in [4.69, 9.17) is 14.2 Å². The maximum atomic E-state index is 12.8. The third-order valence-electron chi connectivity index (χ3n) is 10.6. The highest BCUT2D eigenvalue weighted by Gasteiger charge is 2.19. The molecule has 0 heterocycles. The SMILES string of the molecule is CC/C=C/C=C/C=C/C=C/C=C/CCCC(=O)OCC(COC(=O)CCCCCCCCCCCCCCCCCCCC)OC(=O)CC/C=C/C/C=C/C/C=C/C/C=C/C/C=C/CC. The summed E-state index contributed by atoms with van der Waals surface area (Å²) >= 11 is 0. The Bertz CT molecular complexity index is 1400. The van der Waals surface area contributed by atoms with E-state index in [1.165, 1.54) is 96.3 Å². The van der Waals surface area contributed by atoms with Crippen molar-refractivity contribution in [3.8, 4) is 0 Å². The van der Waals surface area contributed by atoms with Crippen LogP contribution in [0.25, 0.3) is 0 Å². The van der Waals surface area contributed by atoms with E-state index in [1.54, 1.807) is 0 Å². The number of carbonyl (C=O) groups is 3. The first-order valence-corrected chi connectivity index (χ1v) is 26.1. The highest BCUT2D eigenvalue weighted by atomic mass is 16.6. The van der Waals surface area contributed by atoms with Crippen LogP contribution in [0.15, 0.2) is 122 Å². The number of allylic oxidation sites excluding steroid dienone is 20. The minimum Gasteiger partial charge on any atom is -0.462 e. The van der Waals surface area contributed by atoms with Crippen molar-refractivity contribution in [3.63, 3.8) is 0 Å². The van der Waals surface area contributed by atoms with E-state index in [0.29, 0.717) is 19.3 Å². The second kappa shape index (κ2) is 52.4. The first kappa shape index (κ1) is 60.8. The molecule has 0 fully saturated rings. The standard InChI is InChI=1S/C59H94O6/c1-4-7-10-13-16-19-22-25-27-29-30-32-34-37-40-43-46-49-52-58(61)64-55-56(54-63-57(60)51-48-45-42-39-36-33-24-21-18-15-12-9-6-3)65-59(62)53-50-47-44-41-38-35-31-28-26-23-20-17-14-11-8-5-2/h8-9,11-12,15,17-18,20-21,24,26,28,33,35-36,38-39,42,44,47,56H,4-7,10,13-14,16,19,22-23,25,27,29-32,34,37,40-41,43,45-46,48-55H2,1-3H3/b11-8+,12-9+,18-15+,20-17+,24-21+,28-26+,36-33+,38-35+,42-39+,47-44+. The number of unbranched alkanes of at least 4 members (excludes halogenated alkanes) is 18. The third-order valence-corrected chi connectivity index (χ3v) is 10.6. The van der Waals surface area contributed by atoms with E-state index in [1.807, 2.05) is 66.8 Å². The minimum absolute atomic E-state index is 0.132. The number of esters is 3. The van der Waals surface area contributed by atoms with Gasteiger partial charge in [-0.3, -0.25) is 14.4 Å². The van der Waals surface area contributed by atoms with Crippen molar-refractivity contribution in [2.24, 2.45) is 0 Å². The average molecular weight is 899 g/mol. The van der Waals surface area contributed by atoms with Gasteiger partial charge in [-0.15, -0.1) is 0 Å². The molecule has 0 aromatic carbocycles. The molecule has 0 aliphatic carbocycles. The third kappa shape index (κ3) is 50.7. The van der Waals surface area contributed by atoms with E-state index in [-0.39, 0.29) is 38.0 Å².